The minimum Gasteiger partial charge on any atom is -0.492 e. The van der Waals surface area contributed by atoms with Gasteiger partial charge in [-0.05, 0) is 36.4 Å². The molecule has 1 amide bonds. The molecule has 2 aromatic carbocycles. The van der Waals surface area contributed by atoms with Crippen LogP contribution in [0.5, 0.6) is 5.75 Å². The summed E-state index contributed by atoms with van der Waals surface area (Å²) in [6.45, 7) is 3.87. The molecule has 3 aliphatic heterocycles. The molecule has 3 aromatic rings. The van der Waals surface area contributed by atoms with Gasteiger partial charge in [-0.15, -0.1) is 0 Å². The van der Waals surface area contributed by atoms with E-state index in [4.69, 9.17) is 14.5 Å². The molecule has 0 spiro atoms. The van der Waals surface area contributed by atoms with E-state index in [-0.39, 0.29) is 5.91 Å². The maximum absolute atomic E-state index is 13.3. The summed E-state index contributed by atoms with van der Waals surface area (Å²) in [5.41, 5.74) is 4.37. The molecule has 0 saturated carbocycles. The zero-order chi connectivity index (χ0) is 25.2. The maximum Gasteiger partial charge on any atom is 0.242 e. The first-order chi connectivity index (χ1) is 18.1. The SMILES string of the molecule is O=C1NCCOc2cccc(c2)-c2ccnc(n2)Nc2ccc(N3CCOCC3)c(c2)N2C[C@H](O)C[C@@H]12. The van der Waals surface area contributed by atoms with Crippen LogP contribution in [0.25, 0.3) is 11.3 Å². The number of nitrogens with zero attached hydrogens (tertiary/aromatic N) is 4. The van der Waals surface area contributed by atoms with Gasteiger partial charge in [0.05, 0.1) is 42.9 Å². The Labute approximate surface area is 215 Å². The van der Waals surface area contributed by atoms with Gasteiger partial charge in [-0.25, -0.2) is 9.97 Å². The molecule has 0 radical (unpaired) electrons. The normalized spacial score (nSPS) is 21.8. The molecule has 0 unspecified atom stereocenters. The summed E-state index contributed by atoms with van der Waals surface area (Å²) in [4.78, 5) is 26.7. The van der Waals surface area contributed by atoms with Crippen molar-refractivity contribution in [3.8, 4) is 17.0 Å². The van der Waals surface area contributed by atoms with E-state index in [9.17, 15) is 9.90 Å². The average molecular weight is 503 g/mol. The predicted octanol–water partition coefficient (Wildman–Crippen LogP) is 2.17. The third-order valence-electron chi connectivity index (χ3n) is 6.93. The molecule has 2 fully saturated rings. The fraction of sp³-hybridized carbons (Fsp3) is 0.370. The van der Waals surface area contributed by atoms with Crippen LogP contribution in [0.2, 0.25) is 0 Å². The molecule has 6 rings (SSSR count). The highest BCUT2D eigenvalue weighted by molar-refractivity contribution is 5.89. The van der Waals surface area contributed by atoms with Gasteiger partial charge in [-0.3, -0.25) is 4.79 Å². The van der Waals surface area contributed by atoms with Crippen LogP contribution in [-0.2, 0) is 9.53 Å². The molecule has 3 N–H and O–H groups in total. The zero-order valence-corrected chi connectivity index (χ0v) is 20.5. The number of carbonyl (C=O) groups is 1. The topological polar surface area (TPSA) is 112 Å². The molecular formula is C27H30N6O4. The molecule has 0 aliphatic carbocycles. The molecule has 6 bridgehead atoms. The van der Waals surface area contributed by atoms with Crippen LogP contribution in [0.15, 0.2) is 54.7 Å². The lowest BCUT2D eigenvalue weighted by Gasteiger charge is -2.35. The smallest absolute Gasteiger partial charge is 0.242 e. The number of aromatic nitrogens is 2. The summed E-state index contributed by atoms with van der Waals surface area (Å²) in [7, 11) is 0. The number of rotatable bonds is 1. The first-order valence-electron chi connectivity index (χ1n) is 12.7. The second kappa shape index (κ2) is 10.2. The minimum absolute atomic E-state index is 0.125. The quantitative estimate of drug-likeness (QED) is 0.461. The Hall–Kier alpha value is -3.89. The molecule has 1 aromatic heterocycles. The molecular weight excluding hydrogens is 472 g/mol. The molecule has 192 valence electrons. The van der Waals surface area contributed by atoms with Crippen molar-refractivity contribution in [2.45, 2.75) is 18.6 Å². The number of hydrogen-bond donors (Lipinski definition) is 3. The molecule has 2 saturated heterocycles. The number of nitrogens with one attached hydrogen (secondary N) is 2. The fourth-order valence-electron chi connectivity index (χ4n) is 5.15. The first kappa shape index (κ1) is 23.5. The van der Waals surface area contributed by atoms with Gasteiger partial charge in [-0.2, -0.15) is 0 Å². The van der Waals surface area contributed by atoms with Crippen molar-refractivity contribution >= 4 is 28.9 Å². The van der Waals surface area contributed by atoms with Crippen LogP contribution in [0, 0.1) is 0 Å². The number of amides is 1. The number of fused-ring (bicyclic) bond motifs is 9. The lowest BCUT2D eigenvalue weighted by molar-refractivity contribution is -0.122. The highest BCUT2D eigenvalue weighted by Gasteiger charge is 2.37. The van der Waals surface area contributed by atoms with E-state index in [1.165, 1.54) is 0 Å². The standard InChI is InChI=1S/C27H30N6O4/c34-20-16-25-26(35)28-8-11-37-21-3-1-2-18(14-21)22-6-7-29-27(31-22)30-19-4-5-23(24(15-19)33(25)17-20)32-9-12-36-13-10-32/h1-7,14-15,20,25,34H,8-13,16-17H2,(H,28,35)(H,29,30,31)/t20-,25+/m1/s1. The van der Waals surface area contributed by atoms with Crippen LogP contribution in [-0.4, -0.2) is 79.1 Å². The van der Waals surface area contributed by atoms with Gasteiger partial charge in [-0.1, -0.05) is 12.1 Å². The summed E-state index contributed by atoms with van der Waals surface area (Å²) >= 11 is 0. The van der Waals surface area contributed by atoms with Crippen molar-refractivity contribution in [3.63, 3.8) is 0 Å². The lowest BCUT2D eigenvalue weighted by atomic mass is 10.1. The van der Waals surface area contributed by atoms with Gasteiger partial charge in [0.2, 0.25) is 11.9 Å². The van der Waals surface area contributed by atoms with E-state index < -0.39 is 12.1 Å². The van der Waals surface area contributed by atoms with E-state index in [1.807, 2.05) is 47.4 Å². The second-order valence-corrected chi connectivity index (χ2v) is 9.42. The molecule has 10 heteroatoms. The van der Waals surface area contributed by atoms with Crippen molar-refractivity contribution in [1.82, 2.24) is 15.3 Å². The van der Waals surface area contributed by atoms with Crippen LogP contribution < -0.4 is 25.2 Å². The monoisotopic (exact) mass is 502 g/mol. The predicted molar refractivity (Wildman–Crippen MR) is 140 cm³/mol. The van der Waals surface area contributed by atoms with Crippen LogP contribution in [0.4, 0.5) is 23.0 Å². The third kappa shape index (κ3) is 5.03. The number of aliphatic hydroxyl groups excluding tert-OH is 1. The Morgan fingerprint density at radius 1 is 1.03 bits per heavy atom. The van der Waals surface area contributed by atoms with E-state index in [2.05, 4.69) is 26.6 Å². The summed E-state index contributed by atoms with van der Waals surface area (Å²) in [5, 5.41) is 16.9. The molecule has 10 nitrogen and oxygen atoms in total. The van der Waals surface area contributed by atoms with Gasteiger partial charge in [0.15, 0.2) is 0 Å². The molecule has 37 heavy (non-hydrogen) atoms. The molecule has 2 atom stereocenters. The Bertz CT molecular complexity index is 1280. The number of aliphatic hydroxyl groups is 1. The Kier molecular flexibility index (Phi) is 6.50. The van der Waals surface area contributed by atoms with E-state index in [0.29, 0.717) is 51.0 Å². The second-order valence-electron chi connectivity index (χ2n) is 9.42. The van der Waals surface area contributed by atoms with E-state index >= 15 is 0 Å². The zero-order valence-electron chi connectivity index (χ0n) is 20.5. The Balaban J connectivity index is 1.42. The van der Waals surface area contributed by atoms with Crippen molar-refractivity contribution in [1.29, 1.82) is 0 Å². The van der Waals surface area contributed by atoms with Crippen molar-refractivity contribution in [2.75, 3.05) is 61.1 Å². The Morgan fingerprint density at radius 2 is 1.92 bits per heavy atom. The number of hydrogen-bond acceptors (Lipinski definition) is 9. The van der Waals surface area contributed by atoms with Crippen molar-refractivity contribution < 1.29 is 19.4 Å². The maximum atomic E-state index is 13.3. The largest absolute Gasteiger partial charge is 0.492 e. The van der Waals surface area contributed by atoms with Crippen LogP contribution >= 0.6 is 0 Å². The Morgan fingerprint density at radius 3 is 2.81 bits per heavy atom. The number of anilines is 4. The number of ether oxygens (including phenoxy) is 2. The van der Waals surface area contributed by atoms with Crippen molar-refractivity contribution in [2.24, 2.45) is 0 Å². The third-order valence-corrected chi connectivity index (χ3v) is 6.93. The average Bonchev–Trinajstić information content (AvgIpc) is 3.33. The summed E-state index contributed by atoms with van der Waals surface area (Å²) in [6, 6.07) is 15.1. The lowest BCUT2D eigenvalue weighted by Crippen LogP contribution is -2.45. The van der Waals surface area contributed by atoms with Gasteiger partial charge in [0.25, 0.3) is 0 Å². The van der Waals surface area contributed by atoms with Gasteiger partial charge in [0, 0.05) is 43.5 Å². The highest BCUT2D eigenvalue weighted by Crippen LogP contribution is 2.38. The van der Waals surface area contributed by atoms with Gasteiger partial charge < -0.3 is 35.0 Å². The first-order valence-corrected chi connectivity index (χ1v) is 12.7. The van der Waals surface area contributed by atoms with Crippen LogP contribution in [0.1, 0.15) is 6.42 Å². The van der Waals surface area contributed by atoms with Gasteiger partial charge >= 0.3 is 0 Å². The number of carbonyl (C=O) groups excluding carboxylic acids is 1. The molecule has 4 heterocycles. The summed E-state index contributed by atoms with van der Waals surface area (Å²) in [5.74, 6) is 1.04. The highest BCUT2D eigenvalue weighted by atomic mass is 16.5. The fourth-order valence-corrected chi connectivity index (χ4v) is 5.15. The summed E-state index contributed by atoms with van der Waals surface area (Å²) in [6.07, 6.45) is 1.49. The van der Waals surface area contributed by atoms with E-state index in [1.54, 1.807) is 6.20 Å². The minimum atomic E-state index is -0.602. The molecule has 3 aliphatic rings. The van der Waals surface area contributed by atoms with E-state index in [0.717, 1.165) is 41.4 Å². The van der Waals surface area contributed by atoms with Crippen molar-refractivity contribution in [3.05, 3.63) is 54.7 Å². The number of morpholine rings is 1. The van der Waals surface area contributed by atoms with Crippen LogP contribution in [0.3, 0.4) is 0 Å². The van der Waals surface area contributed by atoms with Gasteiger partial charge in [0.1, 0.15) is 18.4 Å². The summed E-state index contributed by atoms with van der Waals surface area (Å²) < 4.78 is 11.5. The number of benzene rings is 2.